The lowest BCUT2D eigenvalue weighted by Crippen LogP contribution is -2.17. The maximum absolute atomic E-state index is 14.0. The average molecular weight is 386 g/mol. The van der Waals surface area contributed by atoms with E-state index in [1.807, 2.05) is 18.2 Å². The molecule has 0 spiro atoms. The molecule has 2 atom stereocenters. The number of amides is 1. The molecule has 8 heteroatoms. The summed E-state index contributed by atoms with van der Waals surface area (Å²) >= 11 is 0. The Bertz CT molecular complexity index is 1070. The normalized spacial score (nSPS) is 17.6. The second-order valence-corrected chi connectivity index (χ2v) is 6.82. The average Bonchev–Trinajstić information content (AvgIpc) is 3.25. The molecule has 2 unspecified atom stereocenters. The van der Waals surface area contributed by atoms with Crippen LogP contribution < -0.4 is 5.32 Å². The maximum Gasteiger partial charge on any atom is 0.266 e. The van der Waals surface area contributed by atoms with Gasteiger partial charge < -0.3 is 5.32 Å². The fourth-order valence-corrected chi connectivity index (χ4v) is 3.64. The predicted molar refractivity (Wildman–Crippen MR) is 97.3 cm³/mol. The van der Waals surface area contributed by atoms with Gasteiger partial charge in [0, 0.05) is 30.0 Å². The van der Waals surface area contributed by atoms with E-state index >= 15 is 0 Å². The van der Waals surface area contributed by atoms with Crippen LogP contribution >= 0.6 is 0 Å². The molecule has 1 saturated heterocycles. The fraction of sp³-hybridized carbons (Fsp3) is 0.250. The van der Waals surface area contributed by atoms with E-state index in [1.165, 1.54) is 17.6 Å². The van der Waals surface area contributed by atoms with Crippen LogP contribution in [0.3, 0.4) is 0 Å². The van der Waals surface area contributed by atoms with E-state index in [9.17, 15) is 18.0 Å². The third kappa shape index (κ3) is 3.26. The van der Waals surface area contributed by atoms with Crippen molar-refractivity contribution in [1.29, 1.82) is 0 Å². The van der Waals surface area contributed by atoms with Crippen LogP contribution in [0.5, 0.6) is 0 Å². The minimum Gasteiger partial charge on any atom is -0.356 e. The molecule has 4 rings (SSSR count). The van der Waals surface area contributed by atoms with Crippen LogP contribution in [0.15, 0.2) is 48.7 Å². The Morgan fingerprint density at radius 1 is 1.32 bits per heavy atom. The molecule has 3 heterocycles. The zero-order valence-corrected chi connectivity index (χ0v) is 15.0. The Labute approximate surface area is 158 Å². The van der Waals surface area contributed by atoms with Gasteiger partial charge in [-0.15, -0.1) is 0 Å². The molecule has 0 bridgehead atoms. The Morgan fingerprint density at radius 3 is 2.71 bits per heavy atom. The second kappa shape index (κ2) is 7.10. The number of aromatic nitrogens is 3. The number of hydrogen-bond donors (Lipinski definition) is 1. The molecule has 28 heavy (non-hydrogen) atoms. The molecule has 1 fully saturated rings. The smallest absolute Gasteiger partial charge is 0.266 e. The van der Waals surface area contributed by atoms with E-state index in [1.54, 1.807) is 12.1 Å². The third-order valence-electron chi connectivity index (χ3n) is 4.98. The quantitative estimate of drug-likeness (QED) is 0.741. The van der Waals surface area contributed by atoms with Gasteiger partial charge in [0.2, 0.25) is 5.91 Å². The molecule has 1 amide bonds. The van der Waals surface area contributed by atoms with Gasteiger partial charge in [0.25, 0.3) is 6.08 Å². The van der Waals surface area contributed by atoms with Gasteiger partial charge >= 0.3 is 0 Å². The first-order valence-electron chi connectivity index (χ1n) is 8.84. The Balaban J connectivity index is 2.00. The summed E-state index contributed by atoms with van der Waals surface area (Å²) in [4.78, 5) is 16.0. The fourth-order valence-electron chi connectivity index (χ4n) is 3.64. The molecule has 0 saturated carbocycles. The summed E-state index contributed by atoms with van der Waals surface area (Å²) in [6.45, 7) is 1.79. The van der Waals surface area contributed by atoms with Crippen molar-refractivity contribution in [2.24, 2.45) is 5.92 Å². The summed E-state index contributed by atoms with van der Waals surface area (Å²) in [5, 5.41) is 7.13. The lowest BCUT2D eigenvalue weighted by atomic mass is 9.84. The molecule has 0 aliphatic carbocycles. The molecule has 1 aliphatic heterocycles. The van der Waals surface area contributed by atoms with Gasteiger partial charge in [0.15, 0.2) is 11.5 Å². The number of nitrogens with zero attached hydrogens (tertiary/aromatic N) is 3. The van der Waals surface area contributed by atoms with Gasteiger partial charge in [-0.2, -0.15) is 13.9 Å². The Hall–Kier alpha value is -3.16. The van der Waals surface area contributed by atoms with Gasteiger partial charge in [-0.25, -0.2) is 13.9 Å². The van der Waals surface area contributed by atoms with E-state index in [2.05, 4.69) is 15.4 Å². The molecule has 0 radical (unpaired) electrons. The van der Waals surface area contributed by atoms with Crippen molar-refractivity contribution >= 4 is 11.6 Å². The highest BCUT2D eigenvalue weighted by Gasteiger charge is 2.34. The van der Waals surface area contributed by atoms with Gasteiger partial charge in [-0.05, 0) is 18.9 Å². The van der Waals surface area contributed by atoms with E-state index in [-0.39, 0.29) is 30.5 Å². The Kier molecular flexibility index (Phi) is 4.62. The number of halogens is 3. The summed E-state index contributed by atoms with van der Waals surface area (Å²) in [6, 6.07) is 9.06. The molecule has 1 N–H and O–H groups in total. The van der Waals surface area contributed by atoms with Crippen LogP contribution in [0.4, 0.5) is 13.2 Å². The van der Waals surface area contributed by atoms with Gasteiger partial charge in [-0.3, -0.25) is 4.79 Å². The highest BCUT2D eigenvalue weighted by molar-refractivity contribution is 5.79. The largest absolute Gasteiger partial charge is 0.356 e. The standard InChI is InChI=1S/C20H17F3N4O/c1-11-15(21)10-27-20(25-11)18(19(26-27)12-5-3-2-4-6-12)14(8-16(22)23)13-7-17(28)24-9-13/h2-6,8,10,13-14H,7,9H2,1H3,(H,24,28). The highest BCUT2D eigenvalue weighted by atomic mass is 19.3. The number of hydrogen-bond acceptors (Lipinski definition) is 3. The predicted octanol–water partition coefficient (Wildman–Crippen LogP) is 3.84. The van der Waals surface area contributed by atoms with Crippen LogP contribution in [0.2, 0.25) is 0 Å². The third-order valence-corrected chi connectivity index (χ3v) is 4.98. The lowest BCUT2D eigenvalue weighted by molar-refractivity contribution is -0.119. The van der Waals surface area contributed by atoms with Gasteiger partial charge in [0.1, 0.15) is 0 Å². The summed E-state index contributed by atoms with van der Waals surface area (Å²) in [5.74, 6) is -1.90. The molecule has 144 valence electrons. The van der Waals surface area contributed by atoms with Crippen LogP contribution in [0.1, 0.15) is 23.6 Å². The topological polar surface area (TPSA) is 59.3 Å². The van der Waals surface area contributed by atoms with Crippen molar-refractivity contribution in [3.8, 4) is 11.3 Å². The van der Waals surface area contributed by atoms with E-state index in [0.717, 1.165) is 6.08 Å². The number of carbonyl (C=O) groups is 1. The zero-order valence-electron chi connectivity index (χ0n) is 15.0. The summed E-state index contributed by atoms with van der Waals surface area (Å²) in [6.07, 6.45) is 0.314. The van der Waals surface area contributed by atoms with Gasteiger partial charge in [0.05, 0.1) is 17.6 Å². The first-order chi connectivity index (χ1) is 13.4. The van der Waals surface area contributed by atoms with E-state index in [4.69, 9.17) is 0 Å². The number of carbonyl (C=O) groups excluding carboxylic acids is 1. The van der Waals surface area contributed by atoms with Crippen molar-refractivity contribution in [3.05, 3.63) is 65.8 Å². The Morgan fingerprint density at radius 2 is 2.07 bits per heavy atom. The zero-order chi connectivity index (χ0) is 19.8. The highest BCUT2D eigenvalue weighted by Crippen LogP contribution is 2.39. The number of nitrogens with one attached hydrogen (secondary N) is 1. The first kappa shape index (κ1) is 18.2. The summed E-state index contributed by atoms with van der Waals surface area (Å²) in [7, 11) is 0. The monoisotopic (exact) mass is 386 g/mol. The molecule has 5 nitrogen and oxygen atoms in total. The van der Waals surface area contributed by atoms with Crippen molar-refractivity contribution in [3.63, 3.8) is 0 Å². The second-order valence-electron chi connectivity index (χ2n) is 6.82. The lowest BCUT2D eigenvalue weighted by Gasteiger charge is -2.19. The van der Waals surface area contributed by atoms with E-state index in [0.29, 0.717) is 22.5 Å². The van der Waals surface area contributed by atoms with Crippen LogP contribution in [0.25, 0.3) is 16.9 Å². The molecular weight excluding hydrogens is 369 g/mol. The molecule has 2 aromatic heterocycles. The number of allylic oxidation sites excluding steroid dienone is 1. The van der Waals surface area contributed by atoms with E-state index < -0.39 is 17.8 Å². The number of rotatable bonds is 4. The number of aryl methyl sites for hydroxylation is 1. The SMILES string of the molecule is Cc1nc2c(C(C=C(F)F)C3CNC(=O)C3)c(-c3ccccc3)nn2cc1F. The summed E-state index contributed by atoms with van der Waals surface area (Å²) < 4.78 is 42.0. The van der Waals surface area contributed by atoms with Crippen molar-refractivity contribution in [2.75, 3.05) is 6.54 Å². The van der Waals surface area contributed by atoms with Crippen LogP contribution in [-0.4, -0.2) is 27.0 Å². The van der Waals surface area contributed by atoms with Crippen molar-refractivity contribution < 1.29 is 18.0 Å². The van der Waals surface area contributed by atoms with Crippen LogP contribution in [0, 0.1) is 18.7 Å². The maximum atomic E-state index is 14.0. The molecule has 3 aromatic rings. The van der Waals surface area contributed by atoms with Gasteiger partial charge in [-0.1, -0.05) is 30.3 Å². The number of benzene rings is 1. The number of fused-ring (bicyclic) bond motifs is 1. The summed E-state index contributed by atoms with van der Waals surface area (Å²) in [5.41, 5.74) is 2.07. The van der Waals surface area contributed by atoms with Crippen molar-refractivity contribution in [2.45, 2.75) is 19.3 Å². The molecule has 1 aromatic carbocycles. The molecule has 1 aliphatic rings. The van der Waals surface area contributed by atoms with Crippen LogP contribution in [-0.2, 0) is 4.79 Å². The minimum atomic E-state index is -1.85. The minimum absolute atomic E-state index is 0.125. The van der Waals surface area contributed by atoms with Crippen molar-refractivity contribution in [1.82, 2.24) is 19.9 Å². The molecular formula is C20H17F3N4O. The first-order valence-corrected chi connectivity index (χ1v) is 8.84.